The minimum atomic E-state index is -0.102. The predicted octanol–water partition coefficient (Wildman–Crippen LogP) is 5.40. The molecule has 2 fully saturated rings. The number of amides is 1. The van der Waals surface area contributed by atoms with Crippen LogP contribution in [0.5, 0.6) is 0 Å². The van der Waals surface area contributed by atoms with E-state index in [9.17, 15) is 9.59 Å². The molecule has 1 aromatic carbocycles. The number of halogens is 1. The van der Waals surface area contributed by atoms with Gasteiger partial charge in [-0.25, -0.2) is 0 Å². The standard InChI is InChI=1S/C25H32ClNO3/c1-15(2)21(10-17-6-8-19(26)9-7-17)22(16(3)4)23(28)27-20-13-25(14-20)11-18(12-25)24(29)30-5/h6-9,18,20H,10-14H2,1-5H3,(H,27,28). The Morgan fingerprint density at radius 2 is 1.63 bits per heavy atom. The number of esters is 1. The van der Waals surface area contributed by atoms with Crippen LogP contribution in [0.15, 0.2) is 46.6 Å². The fourth-order valence-corrected chi connectivity index (χ4v) is 5.11. The van der Waals surface area contributed by atoms with Crippen molar-refractivity contribution in [2.45, 2.75) is 65.8 Å². The number of carbonyl (C=O) groups excluding carboxylic acids is 2. The van der Waals surface area contributed by atoms with E-state index in [0.717, 1.165) is 53.5 Å². The zero-order valence-electron chi connectivity index (χ0n) is 18.6. The van der Waals surface area contributed by atoms with Crippen molar-refractivity contribution < 1.29 is 14.3 Å². The molecule has 0 aliphatic heterocycles. The predicted molar refractivity (Wildman–Crippen MR) is 120 cm³/mol. The minimum absolute atomic E-state index is 0.00357. The van der Waals surface area contributed by atoms with Crippen molar-refractivity contribution >= 4 is 23.5 Å². The highest BCUT2D eigenvalue weighted by atomic mass is 35.5. The van der Waals surface area contributed by atoms with Crippen LogP contribution in [0.2, 0.25) is 5.02 Å². The third-order valence-electron chi connectivity index (χ3n) is 6.51. The van der Waals surface area contributed by atoms with Crippen molar-refractivity contribution in [3.63, 3.8) is 0 Å². The SMILES string of the molecule is COC(=O)C1CC2(CC(NC(=O)C(=C(C)C)C(Cc3ccc(Cl)cc3)=C(C)C)C2)C1. The van der Waals surface area contributed by atoms with Gasteiger partial charge in [-0.3, -0.25) is 9.59 Å². The van der Waals surface area contributed by atoms with Crippen molar-refractivity contribution in [1.82, 2.24) is 5.32 Å². The number of ether oxygens (including phenoxy) is 1. The van der Waals surface area contributed by atoms with Gasteiger partial charge < -0.3 is 10.1 Å². The Labute approximate surface area is 184 Å². The van der Waals surface area contributed by atoms with Crippen LogP contribution in [0.3, 0.4) is 0 Å². The molecule has 0 bridgehead atoms. The molecule has 1 N–H and O–H groups in total. The molecule has 3 rings (SSSR count). The smallest absolute Gasteiger partial charge is 0.308 e. The number of nitrogens with one attached hydrogen (secondary N) is 1. The van der Waals surface area contributed by atoms with E-state index >= 15 is 0 Å². The maximum atomic E-state index is 13.2. The molecule has 162 valence electrons. The Hall–Kier alpha value is -2.07. The van der Waals surface area contributed by atoms with E-state index < -0.39 is 0 Å². The summed E-state index contributed by atoms with van der Waals surface area (Å²) in [4.78, 5) is 24.9. The van der Waals surface area contributed by atoms with Gasteiger partial charge in [0.05, 0.1) is 13.0 Å². The van der Waals surface area contributed by atoms with Crippen LogP contribution in [0.4, 0.5) is 0 Å². The van der Waals surface area contributed by atoms with Crippen LogP contribution in [0.25, 0.3) is 0 Å². The van der Waals surface area contributed by atoms with Gasteiger partial charge in [-0.1, -0.05) is 34.9 Å². The highest BCUT2D eigenvalue weighted by Crippen LogP contribution is 2.59. The number of methoxy groups -OCH3 is 1. The monoisotopic (exact) mass is 429 g/mol. The van der Waals surface area contributed by atoms with Gasteiger partial charge in [-0.2, -0.15) is 0 Å². The first-order valence-electron chi connectivity index (χ1n) is 10.6. The number of carbonyl (C=O) groups is 2. The van der Waals surface area contributed by atoms with Gasteiger partial charge in [0.2, 0.25) is 0 Å². The first-order chi connectivity index (χ1) is 14.1. The molecule has 1 amide bonds. The zero-order valence-corrected chi connectivity index (χ0v) is 19.4. The molecule has 0 saturated heterocycles. The molecule has 1 aromatic rings. The van der Waals surface area contributed by atoms with Gasteiger partial charge >= 0.3 is 5.97 Å². The van der Waals surface area contributed by atoms with Crippen LogP contribution in [-0.4, -0.2) is 25.0 Å². The number of hydrogen-bond donors (Lipinski definition) is 1. The molecule has 5 heteroatoms. The van der Waals surface area contributed by atoms with Crippen LogP contribution < -0.4 is 5.32 Å². The van der Waals surface area contributed by atoms with Gasteiger partial charge in [-0.05, 0) is 88.5 Å². The second kappa shape index (κ2) is 8.97. The van der Waals surface area contributed by atoms with Crippen molar-refractivity contribution in [1.29, 1.82) is 0 Å². The summed E-state index contributed by atoms with van der Waals surface area (Å²) in [6.45, 7) is 8.10. The lowest BCUT2D eigenvalue weighted by Crippen LogP contribution is -2.57. The summed E-state index contributed by atoms with van der Waals surface area (Å²) in [6.07, 6.45) is 4.37. The average molecular weight is 430 g/mol. The summed E-state index contributed by atoms with van der Waals surface area (Å²) in [5.41, 5.74) is 5.37. The molecule has 0 radical (unpaired) electrons. The second-order valence-corrected chi connectivity index (χ2v) is 9.80. The maximum absolute atomic E-state index is 13.2. The summed E-state index contributed by atoms with van der Waals surface area (Å²) >= 11 is 6.02. The Bertz CT molecular complexity index is 875. The van der Waals surface area contributed by atoms with E-state index in [-0.39, 0.29) is 29.3 Å². The first kappa shape index (κ1) is 22.6. The molecular weight excluding hydrogens is 398 g/mol. The fraction of sp³-hybridized carbons (Fsp3) is 0.520. The van der Waals surface area contributed by atoms with Crippen LogP contribution >= 0.6 is 11.6 Å². The zero-order chi connectivity index (χ0) is 22.1. The minimum Gasteiger partial charge on any atom is -0.469 e. The first-order valence-corrected chi connectivity index (χ1v) is 11.0. The highest BCUT2D eigenvalue weighted by molar-refractivity contribution is 6.30. The Morgan fingerprint density at radius 1 is 1.03 bits per heavy atom. The van der Waals surface area contributed by atoms with Crippen molar-refractivity contribution in [2.75, 3.05) is 7.11 Å². The van der Waals surface area contributed by atoms with Crippen molar-refractivity contribution in [3.05, 3.63) is 57.1 Å². The van der Waals surface area contributed by atoms with E-state index in [0.29, 0.717) is 11.4 Å². The third kappa shape index (κ3) is 4.80. The highest BCUT2D eigenvalue weighted by Gasteiger charge is 2.55. The van der Waals surface area contributed by atoms with Crippen molar-refractivity contribution in [3.8, 4) is 0 Å². The lowest BCUT2D eigenvalue weighted by atomic mass is 9.50. The molecule has 0 aromatic heterocycles. The molecule has 0 unspecified atom stereocenters. The van der Waals surface area contributed by atoms with E-state index in [1.165, 1.54) is 7.11 Å². The van der Waals surface area contributed by atoms with Gasteiger partial charge in [0.25, 0.3) is 5.91 Å². The molecule has 30 heavy (non-hydrogen) atoms. The van der Waals surface area contributed by atoms with Gasteiger partial charge in [0.15, 0.2) is 0 Å². The molecule has 2 aliphatic carbocycles. The lowest BCUT2D eigenvalue weighted by Gasteiger charge is -2.56. The third-order valence-corrected chi connectivity index (χ3v) is 6.77. The molecule has 2 aliphatic rings. The molecule has 0 atom stereocenters. The van der Waals surface area contributed by atoms with Crippen molar-refractivity contribution in [2.24, 2.45) is 11.3 Å². The summed E-state index contributed by atoms with van der Waals surface area (Å²) < 4.78 is 4.84. The number of hydrogen-bond acceptors (Lipinski definition) is 3. The topological polar surface area (TPSA) is 55.4 Å². The molecular formula is C25H32ClNO3. The summed E-state index contributed by atoms with van der Waals surface area (Å²) in [5.74, 6) is -0.0594. The van der Waals surface area contributed by atoms with Gasteiger partial charge in [-0.15, -0.1) is 0 Å². The Morgan fingerprint density at radius 3 is 2.13 bits per heavy atom. The summed E-state index contributed by atoms with van der Waals surface area (Å²) in [6, 6.07) is 7.97. The Balaban J connectivity index is 1.64. The molecule has 0 heterocycles. The van der Waals surface area contributed by atoms with Gasteiger partial charge in [0, 0.05) is 16.6 Å². The summed E-state index contributed by atoms with van der Waals surface area (Å²) in [7, 11) is 1.45. The maximum Gasteiger partial charge on any atom is 0.308 e. The summed E-state index contributed by atoms with van der Waals surface area (Å²) in [5, 5.41) is 3.95. The Kier molecular flexibility index (Phi) is 6.76. The van der Waals surface area contributed by atoms with Crippen LogP contribution in [-0.2, 0) is 20.7 Å². The molecule has 2 saturated carbocycles. The normalized spacial score (nSPS) is 24.3. The number of allylic oxidation sites excluding steroid dienone is 2. The van der Waals surface area contributed by atoms with Crippen LogP contribution in [0.1, 0.15) is 58.9 Å². The lowest BCUT2D eigenvalue weighted by molar-refractivity contribution is -0.160. The van der Waals surface area contributed by atoms with Crippen LogP contribution in [0, 0.1) is 11.3 Å². The fourth-order valence-electron chi connectivity index (χ4n) is 4.98. The number of rotatable bonds is 6. The molecule has 1 spiro atoms. The second-order valence-electron chi connectivity index (χ2n) is 9.36. The van der Waals surface area contributed by atoms with Gasteiger partial charge in [0.1, 0.15) is 0 Å². The largest absolute Gasteiger partial charge is 0.469 e. The van der Waals surface area contributed by atoms with E-state index in [2.05, 4.69) is 19.2 Å². The van der Waals surface area contributed by atoms with E-state index in [1.54, 1.807) is 0 Å². The number of benzene rings is 1. The quantitative estimate of drug-likeness (QED) is 0.374. The average Bonchev–Trinajstić information content (AvgIpc) is 2.62. The van der Waals surface area contributed by atoms with E-state index in [1.807, 2.05) is 38.1 Å². The van der Waals surface area contributed by atoms with E-state index in [4.69, 9.17) is 16.3 Å². The molecule has 4 nitrogen and oxygen atoms in total.